The van der Waals surface area contributed by atoms with E-state index in [2.05, 4.69) is 5.32 Å². The molecule has 1 rings (SSSR count). The third kappa shape index (κ3) is 3.52. The Kier molecular flexibility index (Phi) is 4.43. The van der Waals surface area contributed by atoms with Gasteiger partial charge in [0.1, 0.15) is 5.75 Å². The molecule has 1 aromatic rings. The van der Waals surface area contributed by atoms with E-state index in [4.69, 9.17) is 11.6 Å². The molecule has 0 aromatic heterocycles. The van der Waals surface area contributed by atoms with Crippen molar-refractivity contribution in [2.45, 2.75) is 19.4 Å². The number of rotatable bonds is 3. The number of benzene rings is 1. The van der Waals surface area contributed by atoms with E-state index in [0.717, 1.165) is 0 Å². The van der Waals surface area contributed by atoms with Gasteiger partial charge in [0.15, 0.2) is 0 Å². The minimum absolute atomic E-state index is 0.108. The quantitative estimate of drug-likeness (QED) is 0.648. The highest BCUT2D eigenvalue weighted by Gasteiger charge is 2.20. The predicted molar refractivity (Wildman–Crippen MR) is 73.1 cm³/mol. The van der Waals surface area contributed by atoms with Gasteiger partial charge in [0.2, 0.25) is 0 Å². The summed E-state index contributed by atoms with van der Waals surface area (Å²) < 4.78 is 0.714. The number of nitrogens with one attached hydrogen (secondary N) is 1. The van der Waals surface area contributed by atoms with Gasteiger partial charge in [-0.25, -0.2) is 0 Å². The maximum absolute atomic E-state index is 11.8. The van der Waals surface area contributed by atoms with Gasteiger partial charge in [0.25, 0.3) is 5.91 Å². The first-order valence-corrected chi connectivity index (χ1v) is 6.34. The zero-order valence-corrected chi connectivity index (χ0v) is 12.0. The lowest BCUT2D eigenvalue weighted by atomic mass is 10.1. The second-order valence-corrected chi connectivity index (χ2v) is 5.57. The molecule has 0 spiro atoms. The van der Waals surface area contributed by atoms with Crippen LogP contribution >= 0.6 is 34.2 Å². The first kappa shape index (κ1) is 13.6. The van der Waals surface area contributed by atoms with Crippen LogP contribution in [0, 0.1) is 3.57 Å². The third-order valence-electron chi connectivity index (χ3n) is 1.99. The van der Waals surface area contributed by atoms with E-state index in [1.54, 1.807) is 12.1 Å². The highest BCUT2D eigenvalue weighted by atomic mass is 127. The van der Waals surface area contributed by atoms with Gasteiger partial charge in [-0.2, -0.15) is 0 Å². The van der Waals surface area contributed by atoms with Crippen molar-refractivity contribution in [3.05, 3.63) is 27.3 Å². The lowest BCUT2D eigenvalue weighted by Crippen LogP contribution is -2.44. The number of amides is 1. The Morgan fingerprint density at radius 1 is 1.56 bits per heavy atom. The number of alkyl halides is 1. The maximum Gasteiger partial charge on any atom is 0.251 e. The lowest BCUT2D eigenvalue weighted by Gasteiger charge is -2.23. The van der Waals surface area contributed by atoms with Crippen molar-refractivity contribution < 1.29 is 9.90 Å². The Morgan fingerprint density at radius 2 is 2.19 bits per heavy atom. The van der Waals surface area contributed by atoms with E-state index in [9.17, 15) is 9.90 Å². The highest BCUT2D eigenvalue weighted by Crippen LogP contribution is 2.20. The van der Waals surface area contributed by atoms with Crippen molar-refractivity contribution in [3.63, 3.8) is 0 Å². The zero-order valence-electron chi connectivity index (χ0n) is 9.05. The molecule has 2 N–H and O–H groups in total. The average Bonchev–Trinajstić information content (AvgIpc) is 2.21. The number of hydrogen-bond acceptors (Lipinski definition) is 2. The minimum atomic E-state index is -0.461. The number of hydrogen-bond donors (Lipinski definition) is 2. The van der Waals surface area contributed by atoms with Crippen molar-refractivity contribution in [1.29, 1.82) is 0 Å². The minimum Gasteiger partial charge on any atom is -0.507 e. The van der Waals surface area contributed by atoms with Gasteiger partial charge < -0.3 is 10.4 Å². The first-order valence-electron chi connectivity index (χ1n) is 4.73. The van der Waals surface area contributed by atoms with Crippen molar-refractivity contribution >= 4 is 40.1 Å². The summed E-state index contributed by atoms with van der Waals surface area (Å²) in [6.07, 6.45) is 0. The molecule has 88 valence electrons. The van der Waals surface area contributed by atoms with Crippen LogP contribution in [-0.4, -0.2) is 22.4 Å². The fraction of sp³-hybridized carbons (Fsp3) is 0.364. The molecule has 0 unspecified atom stereocenters. The number of aromatic hydroxyl groups is 1. The second-order valence-electron chi connectivity index (χ2n) is 4.14. The van der Waals surface area contributed by atoms with Gasteiger partial charge >= 0.3 is 0 Å². The monoisotopic (exact) mass is 353 g/mol. The lowest BCUT2D eigenvalue weighted by molar-refractivity contribution is 0.0920. The van der Waals surface area contributed by atoms with Crippen LogP contribution < -0.4 is 5.32 Å². The fourth-order valence-electron chi connectivity index (χ4n) is 1.07. The summed E-state index contributed by atoms with van der Waals surface area (Å²) in [5, 5.41) is 12.3. The number of halogens is 2. The second kappa shape index (κ2) is 5.23. The topological polar surface area (TPSA) is 49.3 Å². The molecular formula is C11H13ClINO2. The zero-order chi connectivity index (χ0) is 12.3. The van der Waals surface area contributed by atoms with E-state index < -0.39 is 5.54 Å². The van der Waals surface area contributed by atoms with Crippen molar-refractivity contribution in [1.82, 2.24) is 5.32 Å². The van der Waals surface area contributed by atoms with Gasteiger partial charge in [0, 0.05) is 17.0 Å². The van der Waals surface area contributed by atoms with Gasteiger partial charge in [-0.05, 0) is 54.6 Å². The SMILES string of the molecule is CC(C)(CCl)NC(=O)c1ccc(I)c(O)c1. The van der Waals surface area contributed by atoms with Crippen LogP contribution in [0.2, 0.25) is 0 Å². The van der Waals surface area contributed by atoms with E-state index >= 15 is 0 Å². The Morgan fingerprint density at radius 3 is 2.69 bits per heavy atom. The summed E-state index contributed by atoms with van der Waals surface area (Å²) in [6.45, 7) is 3.68. The summed E-state index contributed by atoms with van der Waals surface area (Å²) in [5.41, 5.74) is -0.0341. The Hall–Kier alpha value is -0.490. The van der Waals surface area contributed by atoms with Crippen LogP contribution in [-0.2, 0) is 0 Å². The molecule has 0 radical (unpaired) electrons. The van der Waals surface area contributed by atoms with Crippen LogP contribution in [0.15, 0.2) is 18.2 Å². The van der Waals surface area contributed by atoms with E-state index in [1.165, 1.54) is 6.07 Å². The number of carbonyl (C=O) groups is 1. The molecule has 0 aliphatic carbocycles. The molecule has 0 bridgehead atoms. The summed E-state index contributed by atoms with van der Waals surface area (Å²) in [6, 6.07) is 4.81. The molecule has 1 aromatic carbocycles. The van der Waals surface area contributed by atoms with Crippen LogP contribution in [0.3, 0.4) is 0 Å². The molecule has 0 heterocycles. The molecule has 0 aliphatic heterocycles. The number of phenolic OH excluding ortho intramolecular Hbond substituents is 1. The third-order valence-corrected chi connectivity index (χ3v) is 3.57. The largest absolute Gasteiger partial charge is 0.507 e. The number of phenols is 1. The normalized spacial score (nSPS) is 11.2. The Bertz CT molecular complexity index is 407. The Balaban J connectivity index is 2.85. The molecule has 3 nitrogen and oxygen atoms in total. The van der Waals surface area contributed by atoms with Gasteiger partial charge in [-0.15, -0.1) is 11.6 Å². The smallest absolute Gasteiger partial charge is 0.251 e. The Labute approximate surface area is 113 Å². The average molecular weight is 354 g/mol. The summed E-state index contributed by atoms with van der Waals surface area (Å²) >= 11 is 7.71. The standard InChI is InChI=1S/C11H13ClINO2/c1-11(2,6-12)14-10(16)7-3-4-8(13)9(15)5-7/h3-5,15H,6H2,1-2H3,(H,14,16). The van der Waals surface area contributed by atoms with Gasteiger partial charge in [-0.3, -0.25) is 4.79 Å². The predicted octanol–water partition coefficient (Wildman–Crippen LogP) is 2.74. The van der Waals surface area contributed by atoms with E-state index in [-0.39, 0.29) is 11.7 Å². The number of carbonyl (C=O) groups excluding carboxylic acids is 1. The van der Waals surface area contributed by atoms with Gasteiger partial charge in [0.05, 0.1) is 3.57 Å². The molecule has 0 atom stereocenters. The molecule has 16 heavy (non-hydrogen) atoms. The van der Waals surface area contributed by atoms with E-state index in [0.29, 0.717) is 15.0 Å². The van der Waals surface area contributed by atoms with Crippen LogP contribution in [0.25, 0.3) is 0 Å². The van der Waals surface area contributed by atoms with Crippen molar-refractivity contribution in [3.8, 4) is 5.75 Å². The van der Waals surface area contributed by atoms with Crippen molar-refractivity contribution in [2.75, 3.05) is 5.88 Å². The molecule has 0 saturated heterocycles. The molecule has 1 amide bonds. The first-order chi connectivity index (χ1) is 7.35. The van der Waals surface area contributed by atoms with Gasteiger partial charge in [-0.1, -0.05) is 0 Å². The molecule has 0 aliphatic rings. The van der Waals surface area contributed by atoms with Crippen molar-refractivity contribution in [2.24, 2.45) is 0 Å². The summed E-state index contributed by atoms with van der Waals surface area (Å²) in [7, 11) is 0. The molecular weight excluding hydrogens is 340 g/mol. The molecule has 0 fully saturated rings. The van der Waals surface area contributed by atoms with Crippen LogP contribution in [0.5, 0.6) is 5.75 Å². The molecule has 5 heteroatoms. The maximum atomic E-state index is 11.8. The fourth-order valence-corrected chi connectivity index (χ4v) is 1.47. The van der Waals surface area contributed by atoms with Crippen LogP contribution in [0.1, 0.15) is 24.2 Å². The summed E-state index contributed by atoms with van der Waals surface area (Å²) in [4.78, 5) is 11.8. The molecule has 0 saturated carbocycles. The van der Waals surface area contributed by atoms with E-state index in [1.807, 2.05) is 36.4 Å². The van der Waals surface area contributed by atoms with Crippen LogP contribution in [0.4, 0.5) is 0 Å². The summed E-state index contributed by atoms with van der Waals surface area (Å²) in [5.74, 6) is 0.198. The highest BCUT2D eigenvalue weighted by molar-refractivity contribution is 14.1.